The SMILES string of the molecule is CCOc1ccc(S(=O)(=O)N2CCN(c3ccnc4cc(Cl)ccc34)CC2)cc1. The van der Waals surface area contributed by atoms with E-state index in [0.717, 1.165) is 16.6 Å². The first-order valence-electron chi connectivity index (χ1n) is 9.51. The Morgan fingerprint density at radius 1 is 1.03 bits per heavy atom. The number of fused-ring (bicyclic) bond motifs is 1. The lowest BCUT2D eigenvalue weighted by molar-refractivity contribution is 0.340. The van der Waals surface area contributed by atoms with E-state index in [9.17, 15) is 8.42 Å². The van der Waals surface area contributed by atoms with Gasteiger partial charge in [-0.1, -0.05) is 11.6 Å². The van der Waals surface area contributed by atoms with Gasteiger partial charge in [0, 0.05) is 48.5 Å². The Morgan fingerprint density at radius 3 is 2.45 bits per heavy atom. The normalized spacial score (nSPS) is 15.6. The summed E-state index contributed by atoms with van der Waals surface area (Å²) in [4.78, 5) is 6.87. The molecule has 1 aromatic heterocycles. The van der Waals surface area contributed by atoms with E-state index in [0.29, 0.717) is 48.5 Å². The lowest BCUT2D eigenvalue weighted by atomic mass is 10.1. The van der Waals surface area contributed by atoms with Crippen LogP contribution in [0.4, 0.5) is 5.69 Å². The van der Waals surface area contributed by atoms with E-state index in [2.05, 4.69) is 9.88 Å². The molecule has 1 fully saturated rings. The summed E-state index contributed by atoms with van der Waals surface area (Å²) in [5.41, 5.74) is 1.88. The molecule has 1 aliphatic heterocycles. The van der Waals surface area contributed by atoms with Crippen molar-refractivity contribution in [2.24, 2.45) is 0 Å². The summed E-state index contributed by atoms with van der Waals surface area (Å²) in [5.74, 6) is 0.668. The predicted octanol–water partition coefficient (Wildman–Crippen LogP) is 3.80. The molecule has 0 N–H and O–H groups in total. The van der Waals surface area contributed by atoms with Crippen molar-refractivity contribution in [3.63, 3.8) is 0 Å². The minimum absolute atomic E-state index is 0.290. The van der Waals surface area contributed by atoms with Gasteiger partial charge in [0.2, 0.25) is 10.0 Å². The maximum atomic E-state index is 13.0. The lowest BCUT2D eigenvalue weighted by Crippen LogP contribution is -2.48. The van der Waals surface area contributed by atoms with Gasteiger partial charge in [-0.05, 0) is 55.5 Å². The van der Waals surface area contributed by atoms with Gasteiger partial charge >= 0.3 is 0 Å². The van der Waals surface area contributed by atoms with Crippen LogP contribution in [0.15, 0.2) is 59.6 Å². The molecule has 29 heavy (non-hydrogen) atoms. The fraction of sp³-hybridized carbons (Fsp3) is 0.286. The number of benzene rings is 2. The third kappa shape index (κ3) is 4.03. The Kier molecular flexibility index (Phi) is 5.63. The first-order chi connectivity index (χ1) is 14.0. The lowest BCUT2D eigenvalue weighted by Gasteiger charge is -2.35. The number of hydrogen-bond acceptors (Lipinski definition) is 5. The van der Waals surface area contributed by atoms with Crippen LogP contribution in [0, 0.1) is 0 Å². The van der Waals surface area contributed by atoms with E-state index < -0.39 is 10.0 Å². The molecule has 0 radical (unpaired) electrons. The summed E-state index contributed by atoms with van der Waals surface area (Å²) in [7, 11) is -3.53. The zero-order chi connectivity index (χ0) is 20.4. The number of piperazine rings is 1. The molecule has 4 rings (SSSR count). The van der Waals surface area contributed by atoms with Gasteiger partial charge in [0.05, 0.1) is 17.0 Å². The zero-order valence-electron chi connectivity index (χ0n) is 16.1. The van der Waals surface area contributed by atoms with Crippen LogP contribution in [0.5, 0.6) is 5.75 Å². The van der Waals surface area contributed by atoms with E-state index >= 15 is 0 Å². The molecule has 6 nitrogen and oxygen atoms in total. The first kappa shape index (κ1) is 19.9. The highest BCUT2D eigenvalue weighted by Gasteiger charge is 2.29. The van der Waals surface area contributed by atoms with Crippen molar-refractivity contribution in [3.05, 3.63) is 59.8 Å². The number of rotatable bonds is 5. The van der Waals surface area contributed by atoms with Crippen LogP contribution in [0.3, 0.4) is 0 Å². The molecule has 0 unspecified atom stereocenters. The van der Waals surface area contributed by atoms with Crippen LogP contribution in [-0.2, 0) is 10.0 Å². The second-order valence-corrected chi connectivity index (χ2v) is 9.16. The van der Waals surface area contributed by atoms with Crippen molar-refractivity contribution >= 4 is 38.2 Å². The molecule has 8 heteroatoms. The molecule has 152 valence electrons. The zero-order valence-corrected chi connectivity index (χ0v) is 17.7. The number of anilines is 1. The molecule has 2 aromatic carbocycles. The van der Waals surface area contributed by atoms with E-state index in [1.165, 1.54) is 0 Å². The van der Waals surface area contributed by atoms with Gasteiger partial charge in [0.1, 0.15) is 5.75 Å². The number of ether oxygens (including phenoxy) is 1. The molecule has 0 saturated carbocycles. The second kappa shape index (κ2) is 8.18. The maximum absolute atomic E-state index is 13.0. The molecule has 0 spiro atoms. The van der Waals surface area contributed by atoms with E-state index in [-0.39, 0.29) is 0 Å². The summed E-state index contributed by atoms with van der Waals surface area (Å²) < 4.78 is 32.9. The molecular formula is C21H22ClN3O3S. The summed E-state index contributed by atoms with van der Waals surface area (Å²) in [5, 5.41) is 1.66. The molecule has 0 amide bonds. The van der Waals surface area contributed by atoms with Crippen LogP contribution < -0.4 is 9.64 Å². The average Bonchev–Trinajstić information content (AvgIpc) is 2.74. The highest BCUT2D eigenvalue weighted by atomic mass is 35.5. The number of sulfonamides is 1. The first-order valence-corrected chi connectivity index (χ1v) is 11.3. The Balaban J connectivity index is 1.51. The van der Waals surface area contributed by atoms with Crippen LogP contribution in [0.1, 0.15) is 6.92 Å². The molecule has 1 aliphatic rings. The van der Waals surface area contributed by atoms with Crippen molar-refractivity contribution in [1.82, 2.24) is 9.29 Å². The van der Waals surface area contributed by atoms with Crippen LogP contribution in [0.2, 0.25) is 5.02 Å². The van der Waals surface area contributed by atoms with Gasteiger partial charge < -0.3 is 9.64 Å². The Bertz CT molecular complexity index is 1110. The minimum atomic E-state index is -3.53. The molecule has 2 heterocycles. The number of aromatic nitrogens is 1. The van der Waals surface area contributed by atoms with Gasteiger partial charge in [0.15, 0.2) is 0 Å². The quantitative estimate of drug-likeness (QED) is 0.614. The summed E-state index contributed by atoms with van der Waals surface area (Å²) >= 11 is 6.08. The van der Waals surface area contributed by atoms with Gasteiger partial charge in [-0.25, -0.2) is 8.42 Å². The van der Waals surface area contributed by atoms with E-state index in [4.69, 9.17) is 16.3 Å². The third-order valence-electron chi connectivity index (χ3n) is 5.03. The van der Waals surface area contributed by atoms with Crippen LogP contribution in [0.25, 0.3) is 10.9 Å². The molecule has 0 bridgehead atoms. The number of pyridine rings is 1. The third-order valence-corrected chi connectivity index (χ3v) is 7.18. The number of hydrogen-bond donors (Lipinski definition) is 0. The van der Waals surface area contributed by atoms with Crippen LogP contribution in [-0.4, -0.2) is 50.5 Å². The number of halogens is 1. The molecule has 0 aliphatic carbocycles. The Morgan fingerprint density at radius 2 is 1.76 bits per heavy atom. The van der Waals surface area contributed by atoms with Crippen molar-refractivity contribution in [1.29, 1.82) is 0 Å². The fourth-order valence-electron chi connectivity index (χ4n) is 3.57. The van der Waals surface area contributed by atoms with Crippen molar-refractivity contribution in [2.45, 2.75) is 11.8 Å². The Hall–Kier alpha value is -2.35. The molecule has 0 atom stereocenters. The van der Waals surface area contributed by atoms with Crippen LogP contribution >= 0.6 is 11.6 Å². The Labute approximate surface area is 175 Å². The topological polar surface area (TPSA) is 62.7 Å². The molecular weight excluding hydrogens is 410 g/mol. The summed E-state index contributed by atoms with van der Waals surface area (Å²) in [6.07, 6.45) is 1.76. The van der Waals surface area contributed by atoms with Gasteiger partial charge in [-0.3, -0.25) is 4.98 Å². The van der Waals surface area contributed by atoms with Gasteiger partial charge in [-0.15, -0.1) is 0 Å². The van der Waals surface area contributed by atoms with Crippen molar-refractivity contribution in [2.75, 3.05) is 37.7 Å². The van der Waals surface area contributed by atoms with E-state index in [1.54, 1.807) is 34.8 Å². The summed E-state index contributed by atoms with van der Waals surface area (Å²) in [6.45, 7) is 4.50. The standard InChI is InChI=1S/C21H22ClN3O3S/c1-2-28-17-4-6-18(7-5-17)29(26,27)25-13-11-24(12-14-25)21-9-10-23-20-15-16(22)3-8-19(20)21/h3-10,15H,2,11-14H2,1H3. The highest BCUT2D eigenvalue weighted by molar-refractivity contribution is 7.89. The van der Waals surface area contributed by atoms with Crippen molar-refractivity contribution in [3.8, 4) is 5.75 Å². The monoisotopic (exact) mass is 431 g/mol. The van der Waals surface area contributed by atoms with E-state index in [1.807, 2.05) is 31.2 Å². The average molecular weight is 432 g/mol. The van der Waals surface area contributed by atoms with Gasteiger partial charge in [-0.2, -0.15) is 4.31 Å². The summed E-state index contributed by atoms with van der Waals surface area (Å²) in [6, 6.07) is 14.2. The fourth-order valence-corrected chi connectivity index (χ4v) is 5.16. The minimum Gasteiger partial charge on any atom is -0.494 e. The number of nitrogens with zero attached hydrogens (tertiary/aromatic N) is 3. The maximum Gasteiger partial charge on any atom is 0.243 e. The second-order valence-electron chi connectivity index (χ2n) is 6.79. The largest absolute Gasteiger partial charge is 0.494 e. The molecule has 1 saturated heterocycles. The smallest absolute Gasteiger partial charge is 0.243 e. The van der Waals surface area contributed by atoms with Crippen molar-refractivity contribution < 1.29 is 13.2 Å². The van der Waals surface area contributed by atoms with Gasteiger partial charge in [0.25, 0.3) is 0 Å². The predicted molar refractivity (Wildman–Crippen MR) is 115 cm³/mol. The molecule has 3 aromatic rings. The highest BCUT2D eigenvalue weighted by Crippen LogP contribution is 2.29.